The number of amides is 4. The van der Waals surface area contributed by atoms with Crippen molar-refractivity contribution < 1.29 is 14.4 Å². The van der Waals surface area contributed by atoms with Crippen LogP contribution in [0.25, 0.3) is 6.08 Å². The van der Waals surface area contributed by atoms with Gasteiger partial charge in [-0.15, -0.1) is 0 Å². The van der Waals surface area contributed by atoms with Gasteiger partial charge in [-0.05, 0) is 42.8 Å². The maximum Gasteiger partial charge on any atom is 0.329 e. The van der Waals surface area contributed by atoms with Crippen LogP contribution in [0.4, 0.5) is 10.5 Å². The highest BCUT2D eigenvalue weighted by Gasteiger charge is 2.34. The summed E-state index contributed by atoms with van der Waals surface area (Å²) in [5.74, 6) is -1.07. The van der Waals surface area contributed by atoms with Crippen LogP contribution in [0.2, 0.25) is 10.0 Å². The van der Waals surface area contributed by atoms with Gasteiger partial charge in [0.15, 0.2) is 0 Å². The molecule has 0 spiro atoms. The van der Waals surface area contributed by atoms with Gasteiger partial charge in [-0.2, -0.15) is 0 Å². The van der Waals surface area contributed by atoms with Crippen molar-refractivity contribution in [2.75, 3.05) is 11.9 Å². The molecular formula is C19H15Cl2N3O3. The van der Waals surface area contributed by atoms with Crippen LogP contribution in [0, 0.1) is 6.92 Å². The van der Waals surface area contributed by atoms with E-state index in [9.17, 15) is 14.4 Å². The predicted molar refractivity (Wildman–Crippen MR) is 104 cm³/mol. The lowest BCUT2D eigenvalue weighted by Gasteiger charge is -2.12. The van der Waals surface area contributed by atoms with E-state index < -0.39 is 24.4 Å². The van der Waals surface area contributed by atoms with Gasteiger partial charge in [0, 0.05) is 5.69 Å². The van der Waals surface area contributed by atoms with Gasteiger partial charge < -0.3 is 10.6 Å². The summed E-state index contributed by atoms with van der Waals surface area (Å²) in [5, 5.41) is 5.82. The number of nitrogens with one attached hydrogen (secondary N) is 2. The molecule has 27 heavy (non-hydrogen) atoms. The number of carbonyl (C=O) groups is 3. The SMILES string of the molecule is Cc1ccc(NC(=O)CN2C(=O)N/C(=C/c3ccc(Cl)c(Cl)c3)C2=O)cc1. The van der Waals surface area contributed by atoms with Gasteiger partial charge in [0.1, 0.15) is 12.2 Å². The Hall–Kier alpha value is -2.83. The van der Waals surface area contributed by atoms with Gasteiger partial charge >= 0.3 is 6.03 Å². The van der Waals surface area contributed by atoms with Crippen molar-refractivity contribution in [3.8, 4) is 0 Å². The first kappa shape index (κ1) is 18.9. The number of urea groups is 1. The molecular weight excluding hydrogens is 389 g/mol. The molecule has 1 fully saturated rings. The molecule has 6 nitrogen and oxygen atoms in total. The number of nitrogens with zero attached hydrogens (tertiary/aromatic N) is 1. The van der Waals surface area contributed by atoms with E-state index in [4.69, 9.17) is 23.2 Å². The number of hydrogen-bond donors (Lipinski definition) is 2. The Morgan fingerprint density at radius 3 is 2.48 bits per heavy atom. The summed E-state index contributed by atoms with van der Waals surface area (Å²) >= 11 is 11.8. The maximum absolute atomic E-state index is 12.4. The Labute approximate surface area is 165 Å². The zero-order valence-corrected chi connectivity index (χ0v) is 15.8. The lowest BCUT2D eigenvalue weighted by Crippen LogP contribution is -2.38. The van der Waals surface area contributed by atoms with Crippen LogP contribution in [0.15, 0.2) is 48.2 Å². The first-order chi connectivity index (χ1) is 12.8. The second-order valence-electron chi connectivity index (χ2n) is 5.97. The molecule has 1 aliphatic heterocycles. The molecule has 4 amide bonds. The fourth-order valence-electron chi connectivity index (χ4n) is 2.47. The summed E-state index contributed by atoms with van der Waals surface area (Å²) < 4.78 is 0. The number of rotatable bonds is 4. The number of anilines is 1. The summed E-state index contributed by atoms with van der Waals surface area (Å²) in [4.78, 5) is 37.5. The minimum Gasteiger partial charge on any atom is -0.325 e. The summed E-state index contributed by atoms with van der Waals surface area (Å²) in [5.41, 5.74) is 2.30. The van der Waals surface area contributed by atoms with Gasteiger partial charge in [0.2, 0.25) is 5.91 Å². The summed E-state index contributed by atoms with van der Waals surface area (Å²) in [7, 11) is 0. The first-order valence-corrected chi connectivity index (χ1v) is 8.75. The molecule has 0 aromatic heterocycles. The Morgan fingerprint density at radius 2 is 1.81 bits per heavy atom. The number of hydrogen-bond acceptors (Lipinski definition) is 3. The highest BCUT2D eigenvalue weighted by atomic mass is 35.5. The molecule has 2 N–H and O–H groups in total. The molecule has 0 unspecified atom stereocenters. The zero-order valence-electron chi connectivity index (χ0n) is 14.3. The van der Waals surface area contributed by atoms with E-state index >= 15 is 0 Å². The van der Waals surface area contributed by atoms with Crippen molar-refractivity contribution in [2.45, 2.75) is 6.92 Å². The quantitative estimate of drug-likeness (QED) is 0.601. The second kappa shape index (κ2) is 7.82. The highest BCUT2D eigenvalue weighted by molar-refractivity contribution is 6.42. The third-order valence-electron chi connectivity index (χ3n) is 3.85. The van der Waals surface area contributed by atoms with E-state index in [1.807, 2.05) is 19.1 Å². The molecule has 3 rings (SSSR count). The summed E-state index contributed by atoms with van der Waals surface area (Å²) in [6.45, 7) is 1.54. The van der Waals surface area contributed by atoms with Crippen LogP contribution in [-0.4, -0.2) is 29.3 Å². The third-order valence-corrected chi connectivity index (χ3v) is 4.59. The fraction of sp³-hybridized carbons (Fsp3) is 0.105. The number of halogens is 2. The van der Waals surface area contributed by atoms with Crippen LogP contribution in [-0.2, 0) is 9.59 Å². The lowest BCUT2D eigenvalue weighted by molar-refractivity contribution is -0.127. The van der Waals surface area contributed by atoms with Crippen molar-refractivity contribution in [2.24, 2.45) is 0 Å². The van der Waals surface area contributed by atoms with Gasteiger partial charge in [-0.3, -0.25) is 9.59 Å². The minimum absolute atomic E-state index is 0.0570. The smallest absolute Gasteiger partial charge is 0.325 e. The maximum atomic E-state index is 12.4. The Balaban J connectivity index is 1.70. The van der Waals surface area contributed by atoms with Gasteiger partial charge in [0.25, 0.3) is 5.91 Å². The molecule has 1 heterocycles. The summed E-state index contributed by atoms with van der Waals surface area (Å²) in [6, 6.07) is 11.3. The Bertz CT molecular complexity index is 955. The third kappa shape index (κ3) is 4.48. The van der Waals surface area contributed by atoms with Crippen LogP contribution in [0.3, 0.4) is 0 Å². The van der Waals surface area contributed by atoms with Crippen molar-refractivity contribution >= 4 is 52.8 Å². The number of aryl methyl sites for hydroxylation is 1. The topological polar surface area (TPSA) is 78.5 Å². The highest BCUT2D eigenvalue weighted by Crippen LogP contribution is 2.24. The number of benzene rings is 2. The second-order valence-corrected chi connectivity index (χ2v) is 6.78. The lowest BCUT2D eigenvalue weighted by atomic mass is 10.2. The van der Waals surface area contributed by atoms with Crippen LogP contribution >= 0.6 is 23.2 Å². The average molecular weight is 404 g/mol. The Morgan fingerprint density at radius 1 is 1.11 bits per heavy atom. The monoisotopic (exact) mass is 403 g/mol. The van der Waals surface area contributed by atoms with Crippen molar-refractivity contribution in [3.63, 3.8) is 0 Å². The minimum atomic E-state index is -0.662. The molecule has 1 saturated heterocycles. The van der Waals surface area contributed by atoms with Crippen LogP contribution in [0.5, 0.6) is 0 Å². The molecule has 2 aromatic rings. The standard InChI is InChI=1S/C19H15Cl2N3O3/c1-11-2-5-13(6-3-11)22-17(25)10-24-18(26)16(23-19(24)27)9-12-4-7-14(20)15(21)8-12/h2-9H,10H2,1H3,(H,22,25)(H,23,27)/b16-9+. The molecule has 0 radical (unpaired) electrons. The van der Waals surface area contributed by atoms with E-state index in [1.165, 1.54) is 6.08 Å². The van der Waals surface area contributed by atoms with Gasteiger partial charge in [-0.25, -0.2) is 9.69 Å². The molecule has 2 aromatic carbocycles. The van der Waals surface area contributed by atoms with Gasteiger partial charge in [-0.1, -0.05) is 47.0 Å². The van der Waals surface area contributed by atoms with Crippen LogP contribution < -0.4 is 10.6 Å². The zero-order chi connectivity index (χ0) is 19.6. The van der Waals surface area contributed by atoms with E-state index in [-0.39, 0.29) is 5.70 Å². The van der Waals surface area contributed by atoms with E-state index in [1.54, 1.807) is 30.3 Å². The molecule has 0 bridgehead atoms. The van der Waals surface area contributed by atoms with Crippen LogP contribution in [0.1, 0.15) is 11.1 Å². The molecule has 0 atom stereocenters. The van der Waals surface area contributed by atoms with Gasteiger partial charge in [0.05, 0.1) is 10.0 Å². The normalized spacial score (nSPS) is 15.2. The van der Waals surface area contributed by atoms with Crippen molar-refractivity contribution in [1.29, 1.82) is 0 Å². The molecule has 0 aliphatic carbocycles. The average Bonchev–Trinajstić information content (AvgIpc) is 2.87. The van der Waals surface area contributed by atoms with Crippen molar-refractivity contribution in [3.05, 3.63) is 69.3 Å². The Kier molecular flexibility index (Phi) is 5.48. The fourth-order valence-corrected chi connectivity index (χ4v) is 2.77. The largest absolute Gasteiger partial charge is 0.329 e. The van der Waals surface area contributed by atoms with E-state index in [2.05, 4.69) is 10.6 Å². The van der Waals surface area contributed by atoms with Crippen molar-refractivity contribution in [1.82, 2.24) is 10.2 Å². The first-order valence-electron chi connectivity index (χ1n) is 7.99. The number of imide groups is 1. The summed E-state index contributed by atoms with van der Waals surface area (Å²) in [6.07, 6.45) is 1.47. The molecule has 0 saturated carbocycles. The predicted octanol–water partition coefficient (Wildman–Crippen LogP) is 3.83. The van der Waals surface area contributed by atoms with E-state index in [0.717, 1.165) is 10.5 Å². The molecule has 1 aliphatic rings. The van der Waals surface area contributed by atoms with E-state index in [0.29, 0.717) is 21.3 Å². The number of carbonyl (C=O) groups excluding carboxylic acids is 3. The molecule has 138 valence electrons. The molecule has 8 heteroatoms.